The topological polar surface area (TPSA) is 103 Å². The maximum Gasteiger partial charge on any atom is 0.255 e. The molecule has 2 amide bonds. The van der Waals surface area contributed by atoms with Crippen molar-refractivity contribution in [3.05, 3.63) is 137 Å². The minimum atomic E-state index is -0.529. The minimum absolute atomic E-state index is 0.261. The summed E-state index contributed by atoms with van der Waals surface area (Å²) in [5.41, 5.74) is 5.68. The highest BCUT2D eigenvalue weighted by Crippen LogP contribution is 2.45. The largest absolute Gasteiger partial charge is 0.497 e. The van der Waals surface area contributed by atoms with E-state index in [2.05, 4.69) is 15.6 Å². The van der Waals surface area contributed by atoms with Crippen LogP contribution in [-0.4, -0.2) is 37.6 Å². The number of carbonyl (C=O) groups is 2. The number of benzene rings is 4. The lowest BCUT2D eigenvalue weighted by Crippen LogP contribution is -2.35. The first-order valence-corrected chi connectivity index (χ1v) is 16.5. The number of hydrogen-bond donors (Lipinski definition) is 2. The summed E-state index contributed by atoms with van der Waals surface area (Å²) < 4.78 is 31.5. The molecule has 0 saturated heterocycles. The SMILES string of the molecule is CNC(=O)c1c(-c2ccc(F)cc2)oc2ccc(-c3cc(C(=O)NC4(c5ccccn5)CC4)c(OCCc4ccc(OC)cc4)cc3C)cc12. The summed E-state index contributed by atoms with van der Waals surface area (Å²) in [6.07, 6.45) is 3.95. The molecule has 4 aromatic carbocycles. The molecular formula is C41H36FN3O5. The number of ether oxygens (including phenoxy) is 2. The van der Waals surface area contributed by atoms with Gasteiger partial charge in [0.1, 0.15) is 28.7 Å². The van der Waals surface area contributed by atoms with Crippen molar-refractivity contribution in [3.8, 4) is 33.9 Å². The molecule has 2 aromatic heterocycles. The number of nitrogens with zero attached hydrogens (tertiary/aromatic N) is 1. The maximum absolute atomic E-state index is 14.1. The number of aryl methyl sites for hydroxylation is 1. The summed E-state index contributed by atoms with van der Waals surface area (Å²) in [6.45, 7) is 2.33. The second-order valence-corrected chi connectivity index (χ2v) is 12.5. The summed E-state index contributed by atoms with van der Waals surface area (Å²) in [6, 6.07) is 28.7. The van der Waals surface area contributed by atoms with Gasteiger partial charge in [0.25, 0.3) is 11.8 Å². The Bertz CT molecular complexity index is 2190. The van der Waals surface area contributed by atoms with E-state index in [1.165, 1.54) is 12.1 Å². The van der Waals surface area contributed by atoms with Crippen LogP contribution in [0.15, 0.2) is 108 Å². The summed E-state index contributed by atoms with van der Waals surface area (Å²) in [7, 11) is 3.19. The van der Waals surface area contributed by atoms with Crippen LogP contribution < -0.4 is 20.1 Å². The van der Waals surface area contributed by atoms with Gasteiger partial charge < -0.3 is 24.5 Å². The van der Waals surface area contributed by atoms with Crippen molar-refractivity contribution in [1.82, 2.24) is 15.6 Å². The van der Waals surface area contributed by atoms with Gasteiger partial charge in [-0.3, -0.25) is 14.6 Å². The van der Waals surface area contributed by atoms with Crippen molar-refractivity contribution in [2.45, 2.75) is 31.7 Å². The number of hydrogen-bond acceptors (Lipinski definition) is 6. The molecule has 1 aliphatic carbocycles. The number of rotatable bonds is 11. The van der Waals surface area contributed by atoms with Gasteiger partial charge in [0, 0.05) is 30.6 Å². The Morgan fingerprint density at radius 1 is 0.920 bits per heavy atom. The fraction of sp³-hybridized carbons (Fsp3) is 0.195. The van der Waals surface area contributed by atoms with E-state index in [0.29, 0.717) is 52.2 Å². The highest BCUT2D eigenvalue weighted by molar-refractivity contribution is 6.12. The Morgan fingerprint density at radius 3 is 2.36 bits per heavy atom. The highest BCUT2D eigenvalue weighted by Gasteiger charge is 2.47. The van der Waals surface area contributed by atoms with Gasteiger partial charge in [-0.2, -0.15) is 0 Å². The van der Waals surface area contributed by atoms with E-state index in [4.69, 9.17) is 13.9 Å². The van der Waals surface area contributed by atoms with Gasteiger partial charge in [0.05, 0.1) is 36.1 Å². The molecule has 50 heavy (non-hydrogen) atoms. The van der Waals surface area contributed by atoms with Crippen LogP contribution in [0.25, 0.3) is 33.4 Å². The van der Waals surface area contributed by atoms with Crippen molar-refractivity contribution >= 4 is 22.8 Å². The number of fused-ring (bicyclic) bond motifs is 1. The smallest absolute Gasteiger partial charge is 0.255 e. The lowest BCUT2D eigenvalue weighted by Gasteiger charge is -2.20. The molecule has 0 atom stereocenters. The Balaban J connectivity index is 1.27. The summed E-state index contributed by atoms with van der Waals surface area (Å²) in [4.78, 5) is 31.9. The van der Waals surface area contributed by atoms with Crippen LogP contribution in [0.3, 0.4) is 0 Å². The van der Waals surface area contributed by atoms with Crippen molar-refractivity contribution in [1.29, 1.82) is 0 Å². The third kappa shape index (κ3) is 6.42. The van der Waals surface area contributed by atoms with Crippen LogP contribution >= 0.6 is 0 Å². The van der Waals surface area contributed by atoms with Gasteiger partial charge in [0.2, 0.25) is 0 Å². The van der Waals surface area contributed by atoms with E-state index in [9.17, 15) is 14.0 Å². The van der Waals surface area contributed by atoms with E-state index in [1.807, 2.05) is 79.7 Å². The predicted molar refractivity (Wildman–Crippen MR) is 190 cm³/mol. The number of pyridine rings is 1. The average Bonchev–Trinajstić information content (AvgIpc) is 3.83. The number of aromatic nitrogens is 1. The maximum atomic E-state index is 14.1. The molecule has 0 spiro atoms. The number of methoxy groups -OCH3 is 1. The zero-order valence-electron chi connectivity index (χ0n) is 28.0. The summed E-state index contributed by atoms with van der Waals surface area (Å²) >= 11 is 0. The third-order valence-electron chi connectivity index (χ3n) is 9.20. The molecule has 0 aliphatic heterocycles. The van der Waals surface area contributed by atoms with Crippen LogP contribution in [0.5, 0.6) is 11.5 Å². The van der Waals surface area contributed by atoms with Crippen LogP contribution in [0, 0.1) is 12.7 Å². The minimum Gasteiger partial charge on any atom is -0.497 e. The van der Waals surface area contributed by atoms with Crippen molar-refractivity contribution in [2.75, 3.05) is 20.8 Å². The van der Waals surface area contributed by atoms with E-state index in [1.54, 1.807) is 32.5 Å². The predicted octanol–water partition coefficient (Wildman–Crippen LogP) is 8.02. The quantitative estimate of drug-likeness (QED) is 0.145. The monoisotopic (exact) mass is 669 g/mol. The first kappa shape index (κ1) is 32.6. The van der Waals surface area contributed by atoms with Gasteiger partial charge >= 0.3 is 0 Å². The number of amides is 2. The fourth-order valence-electron chi connectivity index (χ4n) is 6.28. The van der Waals surface area contributed by atoms with Crippen molar-refractivity contribution in [3.63, 3.8) is 0 Å². The molecule has 2 N–H and O–H groups in total. The van der Waals surface area contributed by atoms with Gasteiger partial charge in [-0.25, -0.2) is 4.39 Å². The number of nitrogens with one attached hydrogen (secondary N) is 2. The first-order valence-electron chi connectivity index (χ1n) is 16.5. The fourth-order valence-corrected chi connectivity index (χ4v) is 6.28. The average molecular weight is 670 g/mol. The van der Waals surface area contributed by atoms with Crippen LogP contribution in [0.2, 0.25) is 0 Å². The standard InChI is InChI=1S/C41H36FN3O5/c1-25-22-35(49-21-17-26-7-14-30(48-3)15-8-26)33(39(46)45-41(18-19-41)36-6-4-5-20-44-36)24-31(25)28-11-16-34-32(23-28)37(40(47)43-2)38(50-34)27-9-12-29(42)13-10-27/h4-16,20,22-24H,17-19,21H2,1-3H3,(H,43,47)(H,45,46). The lowest BCUT2D eigenvalue weighted by atomic mass is 9.94. The van der Waals surface area contributed by atoms with Gasteiger partial charge in [-0.05, 0) is 115 Å². The van der Waals surface area contributed by atoms with Crippen LogP contribution in [0.4, 0.5) is 4.39 Å². The van der Waals surface area contributed by atoms with Crippen LogP contribution in [0.1, 0.15) is 50.4 Å². The van der Waals surface area contributed by atoms with E-state index < -0.39 is 5.54 Å². The number of furan rings is 1. The Morgan fingerprint density at radius 2 is 1.68 bits per heavy atom. The molecule has 1 fully saturated rings. The molecule has 252 valence electrons. The molecule has 2 heterocycles. The molecule has 1 saturated carbocycles. The molecule has 8 nitrogen and oxygen atoms in total. The second kappa shape index (κ2) is 13.5. The lowest BCUT2D eigenvalue weighted by molar-refractivity contribution is 0.0924. The van der Waals surface area contributed by atoms with Crippen LogP contribution in [-0.2, 0) is 12.0 Å². The van der Waals surface area contributed by atoms with Crippen molar-refractivity contribution in [2.24, 2.45) is 0 Å². The molecular weight excluding hydrogens is 633 g/mol. The van der Waals surface area contributed by atoms with Gasteiger partial charge in [-0.15, -0.1) is 0 Å². The molecule has 0 bridgehead atoms. The zero-order chi connectivity index (χ0) is 34.8. The normalized spacial score (nSPS) is 13.1. The molecule has 6 aromatic rings. The zero-order valence-corrected chi connectivity index (χ0v) is 28.0. The molecule has 9 heteroatoms. The van der Waals surface area contributed by atoms with Gasteiger partial charge in [0.15, 0.2) is 0 Å². The second-order valence-electron chi connectivity index (χ2n) is 12.5. The van der Waals surface area contributed by atoms with Crippen molar-refractivity contribution < 1.29 is 27.9 Å². The highest BCUT2D eigenvalue weighted by atomic mass is 19.1. The Hall–Kier alpha value is -5.96. The summed E-state index contributed by atoms with van der Waals surface area (Å²) in [5, 5.41) is 6.56. The molecule has 0 radical (unpaired) electrons. The Kier molecular flexibility index (Phi) is 8.80. The van der Waals surface area contributed by atoms with E-state index in [-0.39, 0.29) is 17.6 Å². The first-order chi connectivity index (χ1) is 24.3. The van der Waals surface area contributed by atoms with E-state index in [0.717, 1.165) is 46.5 Å². The Labute approximate surface area is 289 Å². The summed E-state index contributed by atoms with van der Waals surface area (Å²) in [5.74, 6) is 0.625. The third-order valence-corrected chi connectivity index (χ3v) is 9.20. The van der Waals surface area contributed by atoms with Gasteiger partial charge in [-0.1, -0.05) is 24.3 Å². The number of carbonyl (C=O) groups excluding carboxylic acids is 2. The molecule has 1 aliphatic rings. The van der Waals surface area contributed by atoms with E-state index >= 15 is 0 Å². The number of halogens is 1. The molecule has 7 rings (SSSR count). The molecule has 0 unspecified atom stereocenters.